The van der Waals surface area contributed by atoms with E-state index in [1.54, 1.807) is 42.5 Å². The van der Waals surface area contributed by atoms with Crippen LogP contribution in [0.2, 0.25) is 0 Å². The van der Waals surface area contributed by atoms with E-state index in [2.05, 4.69) is 0 Å². The van der Waals surface area contributed by atoms with Gasteiger partial charge in [0.1, 0.15) is 6.10 Å². The van der Waals surface area contributed by atoms with Crippen molar-refractivity contribution < 1.29 is 32.0 Å². The summed E-state index contributed by atoms with van der Waals surface area (Å²) >= 11 is 0. The highest BCUT2D eigenvalue weighted by molar-refractivity contribution is 7.86. The fourth-order valence-corrected chi connectivity index (χ4v) is 4.42. The first kappa shape index (κ1) is 21.0. The Morgan fingerprint density at radius 3 is 2.17 bits per heavy atom. The van der Waals surface area contributed by atoms with Crippen molar-refractivity contribution in [1.82, 2.24) is 0 Å². The molecular formula is C21H22O7S. The summed E-state index contributed by atoms with van der Waals surface area (Å²) in [6.07, 6.45) is -1.41. The first-order valence-corrected chi connectivity index (χ1v) is 10.6. The van der Waals surface area contributed by atoms with E-state index in [1.165, 1.54) is 12.1 Å². The van der Waals surface area contributed by atoms with Gasteiger partial charge in [-0.1, -0.05) is 35.9 Å². The zero-order valence-electron chi connectivity index (χ0n) is 15.9. The molecule has 0 aliphatic heterocycles. The van der Waals surface area contributed by atoms with Crippen LogP contribution in [0, 0.1) is 12.8 Å². The van der Waals surface area contributed by atoms with Gasteiger partial charge in [0, 0.05) is 6.42 Å². The zero-order valence-corrected chi connectivity index (χ0v) is 16.7. The first-order chi connectivity index (χ1) is 13.7. The highest BCUT2D eigenvalue weighted by Gasteiger charge is 2.38. The molecule has 0 amide bonds. The van der Waals surface area contributed by atoms with Gasteiger partial charge in [-0.2, -0.15) is 8.42 Å². The highest BCUT2D eigenvalue weighted by atomic mass is 32.2. The van der Waals surface area contributed by atoms with E-state index in [1.807, 2.05) is 6.92 Å². The van der Waals surface area contributed by atoms with E-state index in [0.717, 1.165) is 5.56 Å². The van der Waals surface area contributed by atoms with Crippen molar-refractivity contribution in [3.05, 3.63) is 65.7 Å². The van der Waals surface area contributed by atoms with Gasteiger partial charge < -0.3 is 9.84 Å². The van der Waals surface area contributed by atoms with Crippen molar-refractivity contribution in [3.8, 4) is 0 Å². The molecule has 1 fully saturated rings. The van der Waals surface area contributed by atoms with Gasteiger partial charge in [-0.25, -0.2) is 4.79 Å². The summed E-state index contributed by atoms with van der Waals surface area (Å²) < 4.78 is 35.9. The Labute approximate surface area is 169 Å². The molecule has 0 heterocycles. The number of aliphatic carboxylic acids is 1. The van der Waals surface area contributed by atoms with Crippen LogP contribution >= 0.6 is 0 Å². The summed E-state index contributed by atoms with van der Waals surface area (Å²) in [6, 6.07) is 14.5. The fourth-order valence-electron chi connectivity index (χ4n) is 3.33. The maximum atomic E-state index is 12.6. The van der Waals surface area contributed by atoms with Crippen LogP contribution in [0.3, 0.4) is 0 Å². The number of carbonyl (C=O) groups excluding carboxylic acids is 1. The van der Waals surface area contributed by atoms with Crippen LogP contribution in [-0.2, 0) is 23.8 Å². The van der Waals surface area contributed by atoms with Gasteiger partial charge in [-0.15, -0.1) is 0 Å². The number of esters is 1. The van der Waals surface area contributed by atoms with Gasteiger partial charge in [0.2, 0.25) is 0 Å². The summed E-state index contributed by atoms with van der Waals surface area (Å²) in [5.41, 5.74) is 1.25. The molecule has 1 aliphatic rings. The van der Waals surface area contributed by atoms with E-state index in [4.69, 9.17) is 8.92 Å². The maximum Gasteiger partial charge on any atom is 0.338 e. The smallest absolute Gasteiger partial charge is 0.338 e. The van der Waals surface area contributed by atoms with E-state index >= 15 is 0 Å². The molecule has 154 valence electrons. The lowest BCUT2D eigenvalue weighted by Crippen LogP contribution is -2.38. The lowest BCUT2D eigenvalue weighted by atomic mass is 9.85. The second kappa shape index (κ2) is 8.75. The third-order valence-corrected chi connectivity index (χ3v) is 6.20. The minimum Gasteiger partial charge on any atom is -0.481 e. The van der Waals surface area contributed by atoms with Crippen LogP contribution in [0.25, 0.3) is 0 Å². The van der Waals surface area contributed by atoms with Gasteiger partial charge in [-0.3, -0.25) is 8.98 Å². The first-order valence-electron chi connectivity index (χ1n) is 9.23. The predicted molar refractivity (Wildman–Crippen MR) is 104 cm³/mol. The third kappa shape index (κ3) is 5.42. The molecule has 0 saturated heterocycles. The molecule has 7 nitrogen and oxygen atoms in total. The average molecular weight is 418 g/mol. The molecule has 2 aromatic rings. The number of rotatable bonds is 6. The summed E-state index contributed by atoms with van der Waals surface area (Å²) in [5, 5.41) is 9.43. The Bertz CT molecular complexity index is 968. The molecule has 29 heavy (non-hydrogen) atoms. The van der Waals surface area contributed by atoms with Crippen LogP contribution in [-0.4, -0.2) is 37.7 Å². The Kier molecular flexibility index (Phi) is 6.34. The molecule has 0 aromatic heterocycles. The van der Waals surface area contributed by atoms with E-state index in [9.17, 15) is 23.1 Å². The molecule has 1 N–H and O–H groups in total. The van der Waals surface area contributed by atoms with Crippen LogP contribution in [0.5, 0.6) is 0 Å². The minimum absolute atomic E-state index is 0.00150. The Morgan fingerprint density at radius 1 is 0.931 bits per heavy atom. The number of carbonyl (C=O) groups is 2. The minimum atomic E-state index is -4.06. The molecule has 0 unspecified atom stereocenters. The van der Waals surface area contributed by atoms with Gasteiger partial charge >= 0.3 is 11.9 Å². The monoisotopic (exact) mass is 418 g/mol. The fraction of sp³-hybridized carbons (Fsp3) is 0.333. The highest BCUT2D eigenvalue weighted by Crippen LogP contribution is 2.31. The number of hydrogen-bond donors (Lipinski definition) is 1. The number of aryl methyl sites for hydroxylation is 1. The zero-order chi connectivity index (χ0) is 21.0. The van der Waals surface area contributed by atoms with Crippen LogP contribution in [0.1, 0.15) is 35.2 Å². The molecule has 0 spiro atoms. The molecule has 1 aliphatic carbocycles. The molecule has 1 saturated carbocycles. The topological polar surface area (TPSA) is 107 Å². The van der Waals surface area contributed by atoms with Crippen molar-refractivity contribution in [3.63, 3.8) is 0 Å². The number of benzene rings is 2. The van der Waals surface area contributed by atoms with Crippen LogP contribution in [0.15, 0.2) is 59.5 Å². The van der Waals surface area contributed by atoms with Crippen molar-refractivity contribution in [2.75, 3.05) is 0 Å². The van der Waals surface area contributed by atoms with Gasteiger partial charge in [0.05, 0.1) is 22.5 Å². The van der Waals surface area contributed by atoms with Crippen molar-refractivity contribution in [2.24, 2.45) is 5.92 Å². The van der Waals surface area contributed by atoms with Crippen LogP contribution in [0.4, 0.5) is 0 Å². The third-order valence-electron chi connectivity index (χ3n) is 4.83. The summed E-state index contributed by atoms with van der Waals surface area (Å²) in [6.45, 7) is 1.83. The summed E-state index contributed by atoms with van der Waals surface area (Å²) in [5.74, 6) is -2.52. The Hall–Kier alpha value is -2.71. The lowest BCUT2D eigenvalue weighted by Gasteiger charge is -2.32. The summed E-state index contributed by atoms with van der Waals surface area (Å²) in [7, 11) is -4.06. The summed E-state index contributed by atoms with van der Waals surface area (Å²) in [4.78, 5) is 23.8. The molecule has 2 aromatic carbocycles. The van der Waals surface area contributed by atoms with Gasteiger partial charge in [0.15, 0.2) is 0 Å². The molecule has 3 rings (SSSR count). The second-order valence-corrected chi connectivity index (χ2v) is 8.69. The van der Waals surface area contributed by atoms with Crippen molar-refractivity contribution in [2.45, 2.75) is 43.3 Å². The molecule has 0 radical (unpaired) electrons. The Morgan fingerprint density at radius 2 is 1.55 bits per heavy atom. The predicted octanol–water partition coefficient (Wildman–Crippen LogP) is 3.18. The average Bonchev–Trinajstić information content (AvgIpc) is 2.68. The van der Waals surface area contributed by atoms with Crippen molar-refractivity contribution in [1.29, 1.82) is 0 Å². The maximum absolute atomic E-state index is 12.6. The lowest BCUT2D eigenvalue weighted by molar-refractivity contribution is -0.146. The number of carboxylic acid groups (broad SMARTS) is 1. The second-order valence-electron chi connectivity index (χ2n) is 7.12. The Balaban J connectivity index is 1.73. The van der Waals surface area contributed by atoms with Crippen molar-refractivity contribution >= 4 is 22.1 Å². The standard InChI is InChI=1S/C21H22O7S/c1-14-7-9-19(10-8-14)29(25,26)28-18-12-16(20(22)23)11-17(13-18)27-21(24)15-5-3-2-4-6-15/h2-10,16-18H,11-13H2,1H3,(H,22,23)/t16-,17-,18-/m0/s1. The molecule has 8 heteroatoms. The largest absolute Gasteiger partial charge is 0.481 e. The number of hydrogen-bond acceptors (Lipinski definition) is 6. The molecular weight excluding hydrogens is 396 g/mol. The van der Waals surface area contributed by atoms with Gasteiger partial charge in [-0.05, 0) is 44.0 Å². The van der Waals surface area contributed by atoms with E-state index in [-0.39, 0.29) is 24.2 Å². The van der Waals surface area contributed by atoms with E-state index in [0.29, 0.717) is 5.56 Å². The SMILES string of the molecule is Cc1ccc(S(=O)(=O)O[C@@H]2C[C@@H](OC(=O)c3ccccc3)C[C@H](C(=O)O)C2)cc1. The normalized spacial score (nSPS) is 22.0. The van der Waals surface area contributed by atoms with Gasteiger partial charge in [0.25, 0.3) is 10.1 Å². The molecule has 0 bridgehead atoms. The van der Waals surface area contributed by atoms with E-state index < -0.39 is 40.2 Å². The van der Waals surface area contributed by atoms with Crippen LogP contribution < -0.4 is 0 Å². The molecule has 3 atom stereocenters. The number of ether oxygens (including phenoxy) is 1. The number of carboxylic acids is 1. The quantitative estimate of drug-likeness (QED) is 0.567.